The molecule has 2 aliphatic heterocycles. The fourth-order valence-electron chi connectivity index (χ4n) is 4.10. The van der Waals surface area contributed by atoms with Gasteiger partial charge in [-0.2, -0.15) is 5.26 Å². The number of nitriles is 1. The highest BCUT2D eigenvalue weighted by Gasteiger charge is 2.33. The van der Waals surface area contributed by atoms with E-state index in [2.05, 4.69) is 22.8 Å². The van der Waals surface area contributed by atoms with Crippen molar-refractivity contribution in [2.45, 2.75) is 40.7 Å². The normalized spacial score (nSPS) is 18.9. The number of pyridine rings is 1. The number of rotatable bonds is 6. The summed E-state index contributed by atoms with van der Waals surface area (Å²) in [4.78, 5) is 32.8. The van der Waals surface area contributed by atoms with Crippen LogP contribution in [0.3, 0.4) is 0 Å². The Morgan fingerprint density at radius 1 is 1.13 bits per heavy atom. The van der Waals surface area contributed by atoms with E-state index < -0.39 is 0 Å². The lowest BCUT2D eigenvalue weighted by atomic mass is 10.0. The van der Waals surface area contributed by atoms with Gasteiger partial charge in [0.05, 0.1) is 4.91 Å². The third kappa shape index (κ3) is 4.43. The summed E-state index contributed by atoms with van der Waals surface area (Å²) in [6, 6.07) is 2.08. The number of hydrogen-bond donors (Lipinski definition) is 0. The van der Waals surface area contributed by atoms with Crippen LogP contribution in [-0.4, -0.2) is 63.9 Å². The fourth-order valence-corrected chi connectivity index (χ4v) is 5.39. The fraction of sp³-hybridized carbons (Fsp3) is 0.545. The Balaban J connectivity index is 2.17. The highest BCUT2D eigenvalue weighted by Crippen LogP contribution is 2.36. The molecule has 0 spiro atoms. The van der Waals surface area contributed by atoms with Crippen molar-refractivity contribution in [2.24, 2.45) is 0 Å². The summed E-state index contributed by atoms with van der Waals surface area (Å²) in [6.45, 7) is 13.3. The Morgan fingerprint density at radius 2 is 1.81 bits per heavy atom. The molecule has 0 atom stereocenters. The van der Waals surface area contributed by atoms with Gasteiger partial charge in [-0.3, -0.25) is 19.1 Å². The molecule has 31 heavy (non-hydrogen) atoms. The summed E-state index contributed by atoms with van der Waals surface area (Å²) in [5, 5.41) is 9.67. The van der Waals surface area contributed by atoms with Gasteiger partial charge in [0.15, 0.2) is 0 Å². The van der Waals surface area contributed by atoms with Gasteiger partial charge in [0, 0.05) is 44.8 Å². The van der Waals surface area contributed by atoms with Crippen LogP contribution in [0.4, 0.5) is 5.82 Å². The minimum atomic E-state index is -0.272. The smallest absolute Gasteiger partial charge is 0.270 e. The zero-order valence-corrected chi connectivity index (χ0v) is 20.2. The Kier molecular flexibility index (Phi) is 7.57. The molecule has 1 aromatic heterocycles. The molecule has 0 N–H and O–H groups in total. The maximum atomic E-state index is 13.1. The van der Waals surface area contributed by atoms with E-state index in [4.69, 9.17) is 12.2 Å². The van der Waals surface area contributed by atoms with E-state index in [0.29, 0.717) is 27.9 Å². The van der Waals surface area contributed by atoms with Crippen LogP contribution < -0.4 is 10.5 Å². The van der Waals surface area contributed by atoms with Gasteiger partial charge < -0.3 is 9.80 Å². The van der Waals surface area contributed by atoms with Crippen LogP contribution in [0, 0.1) is 18.3 Å². The van der Waals surface area contributed by atoms with Gasteiger partial charge in [-0.1, -0.05) is 37.8 Å². The molecule has 2 saturated heterocycles. The number of carbonyl (C=O) groups is 1. The van der Waals surface area contributed by atoms with Crippen molar-refractivity contribution in [2.75, 3.05) is 44.2 Å². The van der Waals surface area contributed by atoms with Gasteiger partial charge in [-0.25, -0.2) is 0 Å². The number of thiocarbonyl (C=S) groups is 1. The summed E-state index contributed by atoms with van der Waals surface area (Å²) < 4.78 is 2.23. The molecule has 166 valence electrons. The second kappa shape index (κ2) is 9.98. The van der Waals surface area contributed by atoms with Crippen molar-refractivity contribution >= 4 is 46.1 Å². The second-order valence-corrected chi connectivity index (χ2v) is 9.33. The highest BCUT2D eigenvalue weighted by atomic mass is 32.2. The van der Waals surface area contributed by atoms with Gasteiger partial charge in [-0.15, -0.1) is 0 Å². The molecule has 2 fully saturated rings. The minimum Gasteiger partial charge on any atom is -0.355 e. The lowest BCUT2D eigenvalue weighted by Crippen LogP contribution is -2.48. The maximum Gasteiger partial charge on any atom is 0.270 e. The number of aromatic nitrogens is 1. The largest absolute Gasteiger partial charge is 0.355 e. The number of amides is 1. The lowest BCUT2D eigenvalue weighted by Gasteiger charge is -2.37. The SMILES string of the molecule is CCCN1C(=O)C(=Cc2c(C)c(C#N)c(=O)n(CC)c2N2CCN(CC)CC2)SC1=S. The van der Waals surface area contributed by atoms with Crippen LogP contribution in [0.25, 0.3) is 6.08 Å². The lowest BCUT2D eigenvalue weighted by molar-refractivity contribution is -0.122. The number of likely N-dealkylation sites (N-methyl/N-ethyl adjacent to an activating group) is 1. The molecule has 0 bridgehead atoms. The number of hydrogen-bond acceptors (Lipinski definition) is 7. The van der Waals surface area contributed by atoms with Crippen LogP contribution in [0.5, 0.6) is 0 Å². The van der Waals surface area contributed by atoms with Crippen molar-refractivity contribution in [3.63, 3.8) is 0 Å². The summed E-state index contributed by atoms with van der Waals surface area (Å²) in [6.07, 6.45) is 2.66. The highest BCUT2D eigenvalue weighted by molar-refractivity contribution is 8.26. The third-order valence-electron chi connectivity index (χ3n) is 5.88. The minimum absolute atomic E-state index is 0.106. The molecule has 3 heterocycles. The molecule has 1 aromatic rings. The van der Waals surface area contributed by atoms with Gasteiger partial charge in [-0.05, 0) is 38.5 Å². The van der Waals surface area contributed by atoms with E-state index in [9.17, 15) is 14.9 Å². The Labute approximate surface area is 193 Å². The first kappa shape index (κ1) is 23.5. The van der Waals surface area contributed by atoms with E-state index in [1.54, 1.807) is 16.4 Å². The van der Waals surface area contributed by atoms with E-state index in [-0.39, 0.29) is 17.0 Å². The van der Waals surface area contributed by atoms with Crippen molar-refractivity contribution in [3.05, 3.63) is 31.9 Å². The van der Waals surface area contributed by atoms with E-state index in [0.717, 1.165) is 50.5 Å². The maximum absolute atomic E-state index is 13.1. The van der Waals surface area contributed by atoms with E-state index >= 15 is 0 Å². The molecule has 0 saturated carbocycles. The topological polar surface area (TPSA) is 72.6 Å². The van der Waals surface area contributed by atoms with Gasteiger partial charge in [0.2, 0.25) is 0 Å². The van der Waals surface area contributed by atoms with Crippen LogP contribution in [0.1, 0.15) is 43.9 Å². The molecule has 0 aliphatic carbocycles. The van der Waals surface area contributed by atoms with Crippen LogP contribution >= 0.6 is 24.0 Å². The van der Waals surface area contributed by atoms with E-state index in [1.807, 2.05) is 19.9 Å². The summed E-state index contributed by atoms with van der Waals surface area (Å²) in [5.74, 6) is 0.686. The quantitative estimate of drug-likeness (QED) is 0.478. The molecule has 1 amide bonds. The molecular weight excluding hydrogens is 430 g/mol. The molecule has 0 unspecified atom stereocenters. The van der Waals surface area contributed by atoms with Crippen molar-refractivity contribution in [1.82, 2.24) is 14.4 Å². The first-order valence-corrected chi connectivity index (χ1v) is 12.0. The van der Waals surface area contributed by atoms with Gasteiger partial charge in [0.1, 0.15) is 21.8 Å². The predicted octanol–water partition coefficient (Wildman–Crippen LogP) is 2.80. The Morgan fingerprint density at radius 3 is 2.35 bits per heavy atom. The average molecular weight is 460 g/mol. The van der Waals surface area contributed by atoms with Crippen LogP contribution in [0.15, 0.2) is 9.70 Å². The molecule has 2 aliphatic rings. The summed E-state index contributed by atoms with van der Waals surface area (Å²) in [7, 11) is 0. The Bertz CT molecular complexity index is 1020. The molecular formula is C22H29N5O2S2. The standard InChI is InChI=1S/C22H29N5O2S2/c1-5-8-27-21(29)18(31-22(27)30)13-16-15(4)17(14-23)20(28)26(7-3)19(16)25-11-9-24(6-2)10-12-25/h13H,5-12H2,1-4H3. The number of thioether (sulfide) groups is 1. The molecule has 9 heteroatoms. The monoisotopic (exact) mass is 459 g/mol. The van der Waals surface area contributed by atoms with Crippen molar-refractivity contribution < 1.29 is 4.79 Å². The number of nitrogens with zero attached hydrogens (tertiary/aromatic N) is 5. The predicted molar refractivity (Wildman–Crippen MR) is 130 cm³/mol. The third-order valence-corrected chi connectivity index (χ3v) is 7.26. The number of anilines is 1. The Hall–Kier alpha value is -2.15. The molecule has 0 aromatic carbocycles. The number of piperazine rings is 1. The van der Waals surface area contributed by atoms with Crippen LogP contribution in [-0.2, 0) is 11.3 Å². The zero-order valence-electron chi connectivity index (χ0n) is 18.6. The first-order chi connectivity index (χ1) is 14.9. The number of carbonyl (C=O) groups excluding carboxylic acids is 1. The summed E-state index contributed by atoms with van der Waals surface area (Å²) in [5.41, 5.74) is 1.24. The van der Waals surface area contributed by atoms with Crippen molar-refractivity contribution in [3.8, 4) is 6.07 Å². The second-order valence-electron chi connectivity index (χ2n) is 7.65. The first-order valence-electron chi connectivity index (χ1n) is 10.8. The average Bonchev–Trinajstić information content (AvgIpc) is 3.03. The molecule has 7 nitrogen and oxygen atoms in total. The van der Waals surface area contributed by atoms with Gasteiger partial charge >= 0.3 is 0 Å². The van der Waals surface area contributed by atoms with E-state index in [1.165, 1.54) is 11.8 Å². The summed E-state index contributed by atoms with van der Waals surface area (Å²) >= 11 is 6.70. The van der Waals surface area contributed by atoms with Crippen molar-refractivity contribution in [1.29, 1.82) is 5.26 Å². The molecule has 0 radical (unpaired) electrons. The van der Waals surface area contributed by atoms with Gasteiger partial charge in [0.25, 0.3) is 11.5 Å². The molecule has 3 rings (SSSR count). The zero-order chi connectivity index (χ0) is 22.7. The van der Waals surface area contributed by atoms with Crippen LogP contribution in [0.2, 0.25) is 0 Å².